The van der Waals surface area contributed by atoms with Gasteiger partial charge in [-0.1, -0.05) is 73.7 Å². The molecule has 1 heterocycles. The van der Waals surface area contributed by atoms with Crippen LogP contribution in [0.3, 0.4) is 0 Å². The molecule has 1 saturated heterocycles. The van der Waals surface area contributed by atoms with E-state index in [9.17, 15) is 19.8 Å². The average Bonchev–Trinajstić information content (AvgIpc) is 3.05. The number of hydrogen-bond acceptors (Lipinski definition) is 8. The van der Waals surface area contributed by atoms with E-state index >= 15 is 0 Å². The number of carbonyl (C=O) groups excluding carboxylic acids is 2. The first kappa shape index (κ1) is 33.1. The van der Waals surface area contributed by atoms with Crippen molar-refractivity contribution in [2.24, 2.45) is 5.92 Å². The first-order valence-corrected chi connectivity index (χ1v) is 14.9. The second-order valence-corrected chi connectivity index (χ2v) is 11.1. The zero-order chi connectivity index (χ0) is 31.6. The molecule has 1 fully saturated rings. The molecule has 0 saturated carbocycles. The van der Waals surface area contributed by atoms with E-state index in [1.54, 1.807) is 19.1 Å². The highest BCUT2D eigenvalue weighted by atomic mass is 16.7. The first-order chi connectivity index (χ1) is 21.2. The van der Waals surface area contributed by atoms with E-state index in [1.165, 1.54) is 0 Å². The van der Waals surface area contributed by atoms with Gasteiger partial charge in [0.15, 0.2) is 6.29 Å². The van der Waals surface area contributed by atoms with Crippen LogP contribution in [0.5, 0.6) is 0 Å². The summed E-state index contributed by atoms with van der Waals surface area (Å²) in [5, 5.41) is 25.8. The largest absolute Gasteiger partial charge is 0.465 e. The van der Waals surface area contributed by atoms with Crippen LogP contribution in [0.25, 0.3) is 0 Å². The lowest BCUT2D eigenvalue weighted by Crippen LogP contribution is -2.46. The van der Waals surface area contributed by atoms with Crippen molar-refractivity contribution < 1.29 is 34.0 Å². The van der Waals surface area contributed by atoms with Gasteiger partial charge in [-0.3, -0.25) is 9.69 Å². The van der Waals surface area contributed by atoms with E-state index in [0.29, 0.717) is 12.2 Å². The van der Waals surface area contributed by atoms with Crippen molar-refractivity contribution in [3.63, 3.8) is 0 Å². The van der Waals surface area contributed by atoms with Gasteiger partial charge in [-0.2, -0.15) is 0 Å². The minimum atomic E-state index is -0.687. The molecule has 6 atom stereocenters. The Kier molecular flexibility index (Phi) is 11.9. The summed E-state index contributed by atoms with van der Waals surface area (Å²) in [4.78, 5) is 25.8. The molecule has 3 aromatic rings. The fourth-order valence-corrected chi connectivity index (χ4v) is 5.21. The predicted octanol–water partition coefficient (Wildman–Crippen LogP) is 4.71. The molecule has 0 bridgehead atoms. The van der Waals surface area contributed by atoms with Gasteiger partial charge < -0.3 is 35.1 Å². The van der Waals surface area contributed by atoms with Gasteiger partial charge in [0.05, 0.1) is 31.5 Å². The number of aliphatic hydroxyl groups is 2. The zero-order valence-electron chi connectivity index (χ0n) is 25.7. The summed E-state index contributed by atoms with van der Waals surface area (Å²) in [5.41, 5.74) is 3.96. The SMILES string of the molecule is CCOC(=O)CNC(=O)Nc1ccc([C@@H]2O[C@H](CN(C)[C@H](C)[C@@H](O)c3ccccc3)[C@H](C)[C@H](c3ccc(CO)cc3)O2)cc1. The monoisotopic (exact) mass is 605 g/mol. The van der Waals surface area contributed by atoms with Gasteiger partial charge in [0.1, 0.15) is 6.54 Å². The third kappa shape index (κ3) is 8.64. The molecular formula is C34H43N3O7. The summed E-state index contributed by atoms with van der Waals surface area (Å²) in [6.07, 6.45) is -1.88. The molecule has 0 unspecified atom stereocenters. The van der Waals surface area contributed by atoms with Crippen molar-refractivity contribution in [2.45, 2.75) is 58.0 Å². The summed E-state index contributed by atoms with van der Waals surface area (Å²) < 4.78 is 17.9. The van der Waals surface area contributed by atoms with Crippen molar-refractivity contribution in [1.29, 1.82) is 0 Å². The summed E-state index contributed by atoms with van der Waals surface area (Å²) in [7, 11) is 1.98. The number of carbonyl (C=O) groups is 2. The smallest absolute Gasteiger partial charge is 0.325 e. The highest BCUT2D eigenvalue weighted by Crippen LogP contribution is 2.42. The van der Waals surface area contributed by atoms with E-state index < -0.39 is 24.4 Å². The molecule has 10 heteroatoms. The summed E-state index contributed by atoms with van der Waals surface area (Å²) in [5.74, 6) is -0.540. The van der Waals surface area contributed by atoms with Gasteiger partial charge >= 0.3 is 12.0 Å². The second kappa shape index (κ2) is 15.8. The highest BCUT2D eigenvalue weighted by Gasteiger charge is 2.39. The fourth-order valence-electron chi connectivity index (χ4n) is 5.21. The lowest BCUT2D eigenvalue weighted by Gasteiger charge is -2.43. The van der Waals surface area contributed by atoms with Gasteiger partial charge in [-0.15, -0.1) is 0 Å². The van der Waals surface area contributed by atoms with Gasteiger partial charge in [-0.25, -0.2) is 4.79 Å². The van der Waals surface area contributed by atoms with Crippen LogP contribution in [0, 0.1) is 5.92 Å². The third-order valence-electron chi connectivity index (χ3n) is 8.02. The highest BCUT2D eigenvalue weighted by molar-refractivity contribution is 5.91. The van der Waals surface area contributed by atoms with Crippen molar-refractivity contribution in [2.75, 3.05) is 32.1 Å². The van der Waals surface area contributed by atoms with E-state index in [0.717, 1.165) is 22.3 Å². The number of anilines is 1. The van der Waals surface area contributed by atoms with Crippen LogP contribution in [-0.4, -0.2) is 66.0 Å². The van der Waals surface area contributed by atoms with Gasteiger partial charge in [-0.05, 0) is 49.7 Å². The van der Waals surface area contributed by atoms with E-state index in [-0.39, 0.29) is 43.9 Å². The molecule has 0 aromatic heterocycles. The van der Waals surface area contributed by atoms with E-state index in [2.05, 4.69) is 22.5 Å². The second-order valence-electron chi connectivity index (χ2n) is 11.1. The van der Waals surface area contributed by atoms with Crippen LogP contribution in [0.2, 0.25) is 0 Å². The molecule has 1 aliphatic rings. The maximum absolute atomic E-state index is 12.2. The molecule has 236 valence electrons. The van der Waals surface area contributed by atoms with Crippen LogP contribution in [0.1, 0.15) is 61.5 Å². The standard InChI is InChI=1S/C34H43N3O7/c1-5-42-30(39)19-35-34(41)36-28-17-15-27(16-18-28)33-43-29(20-37(4)23(3)31(40)25-9-7-6-8-10-25)22(2)32(44-33)26-13-11-24(21-38)12-14-26/h6-18,22-23,29,31-33,38,40H,5,19-21H2,1-4H3,(H2,35,36,41)/t22-,23+,29+,31+,32+,33+/m0/s1. The number of urea groups is 1. The van der Waals surface area contributed by atoms with Crippen molar-refractivity contribution in [3.05, 3.63) is 101 Å². The lowest BCUT2D eigenvalue weighted by molar-refractivity contribution is -0.276. The van der Waals surface area contributed by atoms with Gasteiger partial charge in [0.25, 0.3) is 0 Å². The number of nitrogens with zero attached hydrogens (tertiary/aromatic N) is 1. The third-order valence-corrected chi connectivity index (χ3v) is 8.02. The Labute approximate surface area is 258 Å². The Bertz CT molecular complexity index is 1340. The number of benzene rings is 3. The zero-order valence-corrected chi connectivity index (χ0v) is 25.7. The Morgan fingerprint density at radius 1 is 0.977 bits per heavy atom. The summed E-state index contributed by atoms with van der Waals surface area (Å²) in [6.45, 7) is 6.33. The maximum Gasteiger partial charge on any atom is 0.325 e. The molecule has 0 radical (unpaired) electrons. The van der Waals surface area contributed by atoms with Gasteiger partial charge in [0.2, 0.25) is 0 Å². The number of aliphatic hydroxyl groups excluding tert-OH is 2. The van der Waals surface area contributed by atoms with Crippen LogP contribution in [0.15, 0.2) is 78.9 Å². The van der Waals surface area contributed by atoms with Gasteiger partial charge in [0, 0.05) is 29.8 Å². The maximum atomic E-state index is 12.2. The number of ether oxygens (including phenoxy) is 3. The minimum Gasteiger partial charge on any atom is -0.465 e. The van der Waals surface area contributed by atoms with Crippen molar-refractivity contribution >= 4 is 17.7 Å². The van der Waals surface area contributed by atoms with Crippen molar-refractivity contribution in [3.8, 4) is 0 Å². The fraction of sp³-hybridized carbons (Fsp3) is 0.412. The topological polar surface area (TPSA) is 130 Å². The number of rotatable bonds is 12. The normalized spacial score (nSPS) is 21.3. The molecule has 10 nitrogen and oxygen atoms in total. The molecule has 44 heavy (non-hydrogen) atoms. The molecule has 4 rings (SSSR count). The minimum absolute atomic E-state index is 0.0289. The summed E-state index contributed by atoms with van der Waals surface area (Å²) >= 11 is 0. The number of esters is 1. The number of hydrogen-bond donors (Lipinski definition) is 4. The molecule has 4 N–H and O–H groups in total. The first-order valence-electron chi connectivity index (χ1n) is 14.9. The molecule has 1 aliphatic heterocycles. The number of nitrogens with one attached hydrogen (secondary N) is 2. The molecule has 0 aliphatic carbocycles. The van der Waals surface area contributed by atoms with Crippen LogP contribution in [-0.2, 0) is 25.6 Å². The van der Waals surface area contributed by atoms with Crippen LogP contribution >= 0.6 is 0 Å². The molecule has 3 aromatic carbocycles. The number of amides is 2. The Morgan fingerprint density at radius 3 is 2.27 bits per heavy atom. The Morgan fingerprint density at radius 2 is 1.64 bits per heavy atom. The number of likely N-dealkylation sites (N-methyl/N-ethyl adjacent to an activating group) is 1. The van der Waals surface area contributed by atoms with Crippen molar-refractivity contribution in [1.82, 2.24) is 10.2 Å². The molecule has 0 spiro atoms. The Hall–Kier alpha value is -3.80. The predicted molar refractivity (Wildman–Crippen MR) is 167 cm³/mol. The van der Waals surface area contributed by atoms with Crippen LogP contribution in [0.4, 0.5) is 10.5 Å². The average molecular weight is 606 g/mol. The summed E-state index contributed by atoms with van der Waals surface area (Å²) in [6, 6.07) is 23.8. The lowest BCUT2D eigenvalue weighted by atomic mass is 9.89. The molecule has 2 amide bonds. The van der Waals surface area contributed by atoms with E-state index in [4.69, 9.17) is 14.2 Å². The van der Waals surface area contributed by atoms with E-state index in [1.807, 2.05) is 80.7 Å². The Balaban J connectivity index is 1.49. The quantitative estimate of drug-likeness (QED) is 0.219. The molecular weight excluding hydrogens is 562 g/mol. The van der Waals surface area contributed by atoms with Crippen LogP contribution < -0.4 is 10.6 Å².